The molecule has 3 aromatic rings. The van der Waals surface area contributed by atoms with Crippen molar-refractivity contribution >= 4 is 39.4 Å². The Hall–Kier alpha value is -4.05. The minimum atomic E-state index is -4.54. The number of carbonyl (C=O) groups excluding carboxylic acids is 1. The second-order valence-electron chi connectivity index (χ2n) is 14.6. The summed E-state index contributed by atoms with van der Waals surface area (Å²) >= 11 is 6.29. The van der Waals surface area contributed by atoms with Gasteiger partial charge in [-0.3, -0.25) is 4.79 Å². The number of aromatic nitrogens is 4. The Balaban J connectivity index is 0.925. The molecule has 7 rings (SSSR count). The van der Waals surface area contributed by atoms with Gasteiger partial charge in [-0.25, -0.2) is 32.9 Å². The number of likely N-dealkylation sites (tertiary alicyclic amines) is 1. The zero-order valence-electron chi connectivity index (χ0n) is 27.5. The standard InChI is InChI=1S/C33H38ClF2N7O6S/c1-30(2)16-20(18-42(30)29(45)46)17-33(35,36)19-37-23-4-3-5-26(38-23)50(47,48)41-28(44)21-6-7-24(39-27(21)34)43-14-8-25(40-43)49-15-9-22-31(10-11-31)32(22)12-13-32/h3-8,14,20,22H,9-13,15-19H2,1-2H3,(H,37,38)(H,41,44)(H,45,46). The van der Waals surface area contributed by atoms with Crippen molar-refractivity contribution < 1.29 is 36.6 Å². The quantitative estimate of drug-likeness (QED) is 0.188. The minimum Gasteiger partial charge on any atom is -0.477 e. The Bertz CT molecular complexity index is 1930. The van der Waals surface area contributed by atoms with E-state index >= 15 is 0 Å². The molecule has 1 atom stereocenters. The number of alkyl halides is 2. The normalized spacial score (nSPS) is 21.3. The molecular weight excluding hydrogens is 696 g/mol. The third kappa shape index (κ3) is 6.47. The molecule has 0 radical (unpaired) electrons. The molecule has 2 amide bonds. The Morgan fingerprint density at radius 1 is 1.10 bits per heavy atom. The number of ether oxygens (including phenoxy) is 1. The first kappa shape index (κ1) is 34.4. The number of carbonyl (C=O) groups is 2. The van der Waals surface area contributed by atoms with Gasteiger partial charge in [-0.15, -0.1) is 5.10 Å². The van der Waals surface area contributed by atoms with Gasteiger partial charge in [0.1, 0.15) is 11.0 Å². The molecule has 268 valence electrons. The molecule has 3 aliphatic carbocycles. The van der Waals surface area contributed by atoms with Crippen molar-refractivity contribution in [2.24, 2.45) is 22.7 Å². The van der Waals surface area contributed by atoms with E-state index in [1.807, 2.05) is 4.72 Å². The zero-order valence-corrected chi connectivity index (χ0v) is 29.1. The van der Waals surface area contributed by atoms with E-state index in [4.69, 9.17) is 16.3 Å². The first-order valence-electron chi connectivity index (χ1n) is 16.6. The Morgan fingerprint density at radius 3 is 2.46 bits per heavy atom. The smallest absolute Gasteiger partial charge is 0.407 e. The van der Waals surface area contributed by atoms with Gasteiger partial charge < -0.3 is 20.1 Å². The molecule has 2 spiro atoms. The van der Waals surface area contributed by atoms with E-state index < -0.39 is 57.4 Å². The fraction of sp³-hybridized carbons (Fsp3) is 0.545. The molecular formula is C33H38ClF2N7O6S. The van der Waals surface area contributed by atoms with E-state index in [0.717, 1.165) is 23.3 Å². The van der Waals surface area contributed by atoms with E-state index in [1.165, 1.54) is 54.6 Å². The van der Waals surface area contributed by atoms with Crippen molar-refractivity contribution in [2.75, 3.05) is 25.0 Å². The molecule has 17 heteroatoms. The summed E-state index contributed by atoms with van der Waals surface area (Å²) in [5, 5.41) is 15.4. The summed E-state index contributed by atoms with van der Waals surface area (Å²) in [7, 11) is -4.54. The number of pyridine rings is 2. The van der Waals surface area contributed by atoms with E-state index in [-0.39, 0.29) is 35.3 Å². The molecule has 3 aromatic heterocycles. The maximum atomic E-state index is 14.9. The number of amides is 2. The number of hydrogen-bond acceptors (Lipinski definition) is 9. The maximum absolute atomic E-state index is 14.9. The lowest BCUT2D eigenvalue weighted by Crippen LogP contribution is -2.41. The summed E-state index contributed by atoms with van der Waals surface area (Å²) in [5.74, 6) is -3.53. The number of carboxylic acid groups (broad SMARTS) is 1. The van der Waals surface area contributed by atoms with Crippen molar-refractivity contribution in [1.82, 2.24) is 29.4 Å². The van der Waals surface area contributed by atoms with Gasteiger partial charge in [0.15, 0.2) is 10.8 Å². The highest BCUT2D eigenvalue weighted by Crippen LogP contribution is 2.93. The Kier molecular flexibility index (Phi) is 8.28. The fourth-order valence-electron chi connectivity index (χ4n) is 8.34. The van der Waals surface area contributed by atoms with Crippen LogP contribution < -0.4 is 14.8 Å². The minimum absolute atomic E-state index is 0.00775. The van der Waals surface area contributed by atoms with E-state index in [0.29, 0.717) is 23.3 Å². The van der Waals surface area contributed by atoms with E-state index in [2.05, 4.69) is 20.4 Å². The average Bonchev–Trinajstić information content (AvgIpc) is 3.99. The van der Waals surface area contributed by atoms with Crippen molar-refractivity contribution in [3.05, 3.63) is 53.3 Å². The number of fused-ring (bicyclic) bond motifs is 1. The van der Waals surface area contributed by atoms with Crippen LogP contribution in [0, 0.1) is 22.7 Å². The molecule has 13 nitrogen and oxygen atoms in total. The van der Waals surface area contributed by atoms with Crippen LogP contribution >= 0.6 is 11.6 Å². The highest BCUT2D eigenvalue weighted by atomic mass is 35.5. The third-order valence-corrected chi connectivity index (χ3v) is 12.4. The summed E-state index contributed by atoms with van der Waals surface area (Å²) in [6, 6.07) is 8.19. The van der Waals surface area contributed by atoms with E-state index in [1.54, 1.807) is 26.1 Å². The summed E-state index contributed by atoms with van der Waals surface area (Å²) in [4.78, 5) is 33.7. The summed E-state index contributed by atoms with van der Waals surface area (Å²) in [6.07, 6.45) is 6.62. The SMILES string of the molecule is CC1(C)CC(CC(F)(F)CNc2cccc(S(=O)(=O)NC(=O)c3ccc(-n4ccc(OCCC5C6(CC6)C56CC6)n4)nc3Cl)n2)CN1C(=O)O. The number of halogens is 3. The molecule has 1 saturated heterocycles. The molecule has 4 aliphatic rings. The third-order valence-electron chi connectivity index (χ3n) is 10.9. The van der Waals surface area contributed by atoms with Crippen LogP contribution in [0.15, 0.2) is 47.6 Å². The van der Waals surface area contributed by atoms with Crippen LogP contribution in [0.4, 0.5) is 19.4 Å². The second-order valence-corrected chi connectivity index (χ2v) is 16.6. The number of sulfonamides is 1. The Morgan fingerprint density at radius 2 is 1.82 bits per heavy atom. The van der Waals surface area contributed by atoms with E-state index in [9.17, 15) is 31.9 Å². The van der Waals surface area contributed by atoms with Crippen LogP contribution in [0.5, 0.6) is 5.88 Å². The van der Waals surface area contributed by atoms with Crippen LogP contribution in [-0.4, -0.2) is 81.3 Å². The lowest BCUT2D eigenvalue weighted by Gasteiger charge is -2.28. The highest BCUT2D eigenvalue weighted by Gasteiger charge is 2.85. The van der Waals surface area contributed by atoms with Crippen LogP contribution in [0.25, 0.3) is 5.82 Å². The molecule has 3 N–H and O–H groups in total. The maximum Gasteiger partial charge on any atom is 0.407 e. The zero-order chi connectivity index (χ0) is 35.7. The van der Waals surface area contributed by atoms with Gasteiger partial charge in [0.2, 0.25) is 5.88 Å². The molecule has 1 unspecified atom stereocenters. The van der Waals surface area contributed by atoms with Crippen molar-refractivity contribution in [1.29, 1.82) is 0 Å². The number of anilines is 1. The van der Waals surface area contributed by atoms with Crippen molar-refractivity contribution in [3.8, 4) is 11.7 Å². The predicted molar refractivity (Wildman–Crippen MR) is 177 cm³/mol. The van der Waals surface area contributed by atoms with Crippen LogP contribution in [0.1, 0.15) is 69.2 Å². The highest BCUT2D eigenvalue weighted by molar-refractivity contribution is 7.90. The molecule has 0 aromatic carbocycles. The monoisotopic (exact) mass is 733 g/mol. The van der Waals surface area contributed by atoms with Crippen molar-refractivity contribution in [3.63, 3.8) is 0 Å². The van der Waals surface area contributed by atoms with Crippen LogP contribution in [0.2, 0.25) is 5.15 Å². The molecule has 3 saturated carbocycles. The van der Waals surface area contributed by atoms with Crippen LogP contribution in [0.3, 0.4) is 0 Å². The molecule has 4 heterocycles. The summed E-state index contributed by atoms with van der Waals surface area (Å²) in [5.41, 5.74) is 0.252. The predicted octanol–water partition coefficient (Wildman–Crippen LogP) is 5.61. The first-order chi connectivity index (χ1) is 23.5. The molecule has 50 heavy (non-hydrogen) atoms. The van der Waals surface area contributed by atoms with Gasteiger partial charge in [-0.2, -0.15) is 8.42 Å². The summed E-state index contributed by atoms with van der Waals surface area (Å²) in [6.45, 7) is 3.10. The number of hydrogen-bond donors (Lipinski definition) is 3. The fourth-order valence-corrected chi connectivity index (χ4v) is 9.51. The first-order valence-corrected chi connectivity index (χ1v) is 18.4. The van der Waals surface area contributed by atoms with Crippen molar-refractivity contribution in [2.45, 2.75) is 75.3 Å². The van der Waals surface area contributed by atoms with Crippen LogP contribution in [-0.2, 0) is 10.0 Å². The lowest BCUT2D eigenvalue weighted by molar-refractivity contribution is -0.00844. The molecule has 1 aliphatic heterocycles. The largest absolute Gasteiger partial charge is 0.477 e. The molecule has 4 fully saturated rings. The topological polar surface area (TPSA) is 169 Å². The number of nitrogens with one attached hydrogen (secondary N) is 2. The van der Waals surface area contributed by atoms with Gasteiger partial charge >= 0.3 is 6.09 Å². The van der Waals surface area contributed by atoms with Gasteiger partial charge in [-0.1, -0.05) is 17.7 Å². The number of nitrogens with zero attached hydrogens (tertiary/aromatic N) is 5. The van der Waals surface area contributed by atoms with Gasteiger partial charge in [0.05, 0.1) is 18.7 Å². The second kappa shape index (κ2) is 12.0. The Labute approximate surface area is 292 Å². The number of rotatable bonds is 13. The van der Waals surface area contributed by atoms with Gasteiger partial charge in [-0.05, 0) is 99.3 Å². The molecule has 0 bridgehead atoms. The van der Waals surface area contributed by atoms with Gasteiger partial charge in [0, 0.05) is 30.8 Å². The average molecular weight is 734 g/mol. The summed E-state index contributed by atoms with van der Waals surface area (Å²) < 4.78 is 65.1. The van der Waals surface area contributed by atoms with Gasteiger partial charge in [0.25, 0.3) is 21.9 Å². The lowest BCUT2D eigenvalue weighted by atomic mass is 9.92.